The van der Waals surface area contributed by atoms with Crippen LogP contribution in [0.15, 0.2) is 0 Å². The van der Waals surface area contributed by atoms with Crippen LogP contribution in [0.3, 0.4) is 0 Å². The number of rotatable bonds is 1. The Morgan fingerprint density at radius 3 is 1.73 bits per heavy atom. The molecule has 0 spiro atoms. The van der Waals surface area contributed by atoms with Crippen molar-refractivity contribution in [2.45, 2.75) is 25.5 Å². The number of hydrogen-bond acceptors (Lipinski definition) is 3. The molecule has 0 unspecified atom stereocenters. The van der Waals surface area contributed by atoms with Crippen LogP contribution in [0.2, 0.25) is 0 Å². The number of carboxylic acids is 1. The fourth-order valence-electron chi connectivity index (χ4n) is 0. The Bertz CT molecular complexity index is 109. The van der Waals surface area contributed by atoms with Gasteiger partial charge in [-0.25, -0.2) is 0 Å². The van der Waals surface area contributed by atoms with Crippen LogP contribution in [0, 0.1) is 0 Å². The van der Waals surface area contributed by atoms with E-state index in [1.807, 2.05) is 11.8 Å². The molecule has 0 aromatic rings. The summed E-state index contributed by atoms with van der Waals surface area (Å²) in [5.41, 5.74) is 4.57. The lowest BCUT2D eigenvalue weighted by molar-refractivity contribution is -0.135. The second kappa shape index (κ2) is 6.49. The summed E-state index contributed by atoms with van der Waals surface area (Å²) >= 11 is 1.88. The first-order valence-electron chi connectivity index (χ1n) is 3.30. The summed E-state index contributed by atoms with van der Waals surface area (Å²) in [5.74, 6) is -0.968. The number of nitrogens with two attached hydrogens (primary N) is 1. The molecular formula is C7H17NO2S. The van der Waals surface area contributed by atoms with Gasteiger partial charge < -0.3 is 10.8 Å². The first-order valence-corrected chi connectivity index (χ1v) is 4.53. The third kappa shape index (κ3) is 25.9. The summed E-state index contributed by atoms with van der Waals surface area (Å²) in [4.78, 5) is 9.24. The van der Waals surface area contributed by atoms with Crippen LogP contribution in [0.5, 0.6) is 0 Å². The molecule has 0 fully saturated rings. The largest absolute Gasteiger partial charge is 0.480 e. The molecule has 0 bridgehead atoms. The predicted octanol–water partition coefficient (Wildman–Crippen LogP) is 1.18. The van der Waals surface area contributed by atoms with Crippen molar-refractivity contribution >= 4 is 17.7 Å². The highest BCUT2D eigenvalue weighted by atomic mass is 32.2. The minimum Gasteiger partial charge on any atom is -0.480 e. The van der Waals surface area contributed by atoms with Gasteiger partial charge in [-0.2, -0.15) is 11.8 Å². The van der Waals surface area contributed by atoms with E-state index in [0.29, 0.717) is 4.75 Å². The van der Waals surface area contributed by atoms with Gasteiger partial charge in [-0.05, 0) is 6.26 Å². The average molecular weight is 179 g/mol. The van der Waals surface area contributed by atoms with Gasteiger partial charge in [0.15, 0.2) is 0 Å². The lowest BCUT2D eigenvalue weighted by Gasteiger charge is -2.12. The molecule has 0 saturated carbocycles. The molecule has 0 amide bonds. The molecule has 0 atom stereocenters. The Morgan fingerprint density at radius 2 is 1.73 bits per heavy atom. The predicted molar refractivity (Wildman–Crippen MR) is 50.0 cm³/mol. The molecule has 3 nitrogen and oxygen atoms in total. The van der Waals surface area contributed by atoms with Crippen LogP contribution in [-0.4, -0.2) is 28.6 Å². The Morgan fingerprint density at radius 1 is 1.55 bits per heavy atom. The second-order valence-electron chi connectivity index (χ2n) is 2.91. The summed E-state index contributed by atoms with van der Waals surface area (Å²) in [7, 11) is 0. The van der Waals surface area contributed by atoms with Gasteiger partial charge in [-0.1, -0.05) is 20.8 Å². The summed E-state index contributed by atoms with van der Waals surface area (Å²) in [5, 5.41) is 7.60. The molecule has 0 heterocycles. The lowest BCUT2D eigenvalue weighted by atomic mass is 10.3. The SMILES string of the molecule is CSC(C)(C)C.NCC(=O)O. The number of carboxylic acid groups (broad SMARTS) is 1. The first kappa shape index (κ1) is 13.4. The van der Waals surface area contributed by atoms with Gasteiger partial charge in [0.25, 0.3) is 0 Å². The number of carbonyl (C=O) groups is 1. The van der Waals surface area contributed by atoms with Crippen LogP contribution >= 0.6 is 11.8 Å². The van der Waals surface area contributed by atoms with E-state index in [2.05, 4.69) is 32.8 Å². The van der Waals surface area contributed by atoms with Crippen LogP contribution in [0.1, 0.15) is 20.8 Å². The maximum absolute atomic E-state index is 9.24. The zero-order chi connectivity index (χ0) is 9.49. The summed E-state index contributed by atoms with van der Waals surface area (Å²) in [6.45, 7) is 6.34. The molecule has 3 N–H and O–H groups in total. The van der Waals surface area contributed by atoms with Gasteiger partial charge in [0, 0.05) is 4.75 Å². The molecule has 0 saturated heterocycles. The summed E-state index contributed by atoms with van der Waals surface area (Å²) in [6, 6.07) is 0. The van der Waals surface area contributed by atoms with Gasteiger partial charge in [0.2, 0.25) is 0 Å². The smallest absolute Gasteiger partial charge is 0.317 e. The maximum atomic E-state index is 9.24. The number of hydrogen-bond donors (Lipinski definition) is 2. The summed E-state index contributed by atoms with van der Waals surface area (Å²) in [6.07, 6.45) is 2.12. The van der Waals surface area contributed by atoms with Crippen LogP contribution in [0.25, 0.3) is 0 Å². The highest BCUT2D eigenvalue weighted by Gasteiger charge is 2.04. The monoisotopic (exact) mass is 179 g/mol. The Labute approximate surface area is 72.4 Å². The van der Waals surface area contributed by atoms with Gasteiger partial charge in [0.05, 0.1) is 6.54 Å². The topological polar surface area (TPSA) is 63.3 Å². The minimum atomic E-state index is -0.968. The third-order valence-electron chi connectivity index (χ3n) is 0.787. The van der Waals surface area contributed by atoms with Crippen molar-refractivity contribution in [3.05, 3.63) is 0 Å². The van der Waals surface area contributed by atoms with Crippen molar-refractivity contribution in [3.63, 3.8) is 0 Å². The molecule has 0 aliphatic rings. The Hall–Kier alpha value is -0.220. The molecule has 11 heavy (non-hydrogen) atoms. The van der Waals surface area contributed by atoms with E-state index in [0.717, 1.165) is 0 Å². The molecule has 0 aliphatic carbocycles. The van der Waals surface area contributed by atoms with E-state index in [1.165, 1.54) is 0 Å². The van der Waals surface area contributed by atoms with E-state index < -0.39 is 5.97 Å². The molecule has 0 radical (unpaired) electrons. The van der Waals surface area contributed by atoms with Crippen molar-refractivity contribution in [1.82, 2.24) is 0 Å². The van der Waals surface area contributed by atoms with Gasteiger partial charge >= 0.3 is 5.97 Å². The molecular weight excluding hydrogens is 162 g/mol. The lowest BCUT2D eigenvalue weighted by Crippen LogP contribution is -2.10. The fourth-order valence-corrected chi connectivity index (χ4v) is 0. The summed E-state index contributed by atoms with van der Waals surface area (Å²) < 4.78 is 0.458. The molecule has 0 aliphatic heterocycles. The van der Waals surface area contributed by atoms with E-state index in [4.69, 9.17) is 5.11 Å². The quantitative estimate of drug-likeness (QED) is 0.634. The van der Waals surface area contributed by atoms with Crippen LogP contribution in [-0.2, 0) is 4.79 Å². The minimum absolute atomic E-state index is 0.278. The Balaban J connectivity index is 0. The van der Waals surface area contributed by atoms with Crippen LogP contribution in [0.4, 0.5) is 0 Å². The zero-order valence-corrected chi connectivity index (χ0v) is 8.36. The first-order chi connectivity index (χ1) is 4.83. The number of aliphatic carboxylic acids is 1. The second-order valence-corrected chi connectivity index (χ2v) is 4.55. The average Bonchev–Trinajstić information content (AvgIpc) is 1.88. The molecule has 0 rings (SSSR count). The van der Waals surface area contributed by atoms with Crippen molar-refractivity contribution in [3.8, 4) is 0 Å². The van der Waals surface area contributed by atoms with E-state index in [-0.39, 0.29) is 6.54 Å². The van der Waals surface area contributed by atoms with Crippen molar-refractivity contribution < 1.29 is 9.90 Å². The number of thioether (sulfide) groups is 1. The van der Waals surface area contributed by atoms with Gasteiger partial charge in [0.1, 0.15) is 0 Å². The zero-order valence-electron chi connectivity index (χ0n) is 7.55. The maximum Gasteiger partial charge on any atom is 0.317 e. The molecule has 0 aromatic heterocycles. The Kier molecular flexibility index (Phi) is 7.89. The third-order valence-corrected chi connectivity index (χ3v) is 2.01. The van der Waals surface area contributed by atoms with Gasteiger partial charge in [-0.3, -0.25) is 4.79 Å². The van der Waals surface area contributed by atoms with Crippen molar-refractivity contribution in [2.24, 2.45) is 5.73 Å². The van der Waals surface area contributed by atoms with E-state index in [9.17, 15) is 4.79 Å². The standard InChI is InChI=1S/C5H12S.C2H5NO2/c1-5(2,3)6-4;3-1-2(4)5/h1-4H3;1,3H2,(H,4,5). The molecule has 4 heteroatoms. The van der Waals surface area contributed by atoms with Gasteiger partial charge in [-0.15, -0.1) is 0 Å². The fraction of sp³-hybridized carbons (Fsp3) is 0.857. The highest BCUT2D eigenvalue weighted by Crippen LogP contribution is 2.18. The normalized spacial score (nSPS) is 9.91. The van der Waals surface area contributed by atoms with E-state index in [1.54, 1.807) is 0 Å². The van der Waals surface area contributed by atoms with E-state index >= 15 is 0 Å². The van der Waals surface area contributed by atoms with Crippen molar-refractivity contribution in [2.75, 3.05) is 12.8 Å². The highest BCUT2D eigenvalue weighted by molar-refractivity contribution is 7.99. The van der Waals surface area contributed by atoms with Crippen LogP contribution < -0.4 is 5.73 Å². The molecule has 68 valence electrons. The van der Waals surface area contributed by atoms with Crippen molar-refractivity contribution in [1.29, 1.82) is 0 Å². The molecule has 0 aromatic carbocycles.